The molecule has 33 heavy (non-hydrogen) atoms. The summed E-state index contributed by atoms with van der Waals surface area (Å²) in [5.41, 5.74) is 3.42. The Balaban J connectivity index is 1.20. The van der Waals surface area contributed by atoms with E-state index in [1.54, 1.807) is 0 Å². The highest BCUT2D eigenvalue weighted by atomic mass is 16.5. The zero-order chi connectivity index (χ0) is 23.0. The minimum atomic E-state index is 0.149. The maximum Gasteiger partial charge on any atom is 0.227 e. The maximum absolute atomic E-state index is 12.7. The topological polar surface area (TPSA) is 62.5 Å². The molecule has 0 saturated carbocycles. The molecule has 172 valence electrons. The molecule has 1 aliphatic rings. The molecule has 1 amide bonds. The lowest BCUT2D eigenvalue weighted by Gasteiger charge is -2.34. The summed E-state index contributed by atoms with van der Waals surface area (Å²) in [6.45, 7) is 8.54. The summed E-state index contributed by atoms with van der Waals surface area (Å²) in [5.74, 6) is 1.72. The molecule has 0 atom stereocenters. The monoisotopic (exact) mass is 444 g/mol. The fourth-order valence-electron chi connectivity index (χ4n) is 3.94. The van der Waals surface area contributed by atoms with E-state index in [2.05, 4.69) is 65.3 Å². The molecule has 0 bridgehead atoms. The van der Waals surface area contributed by atoms with Gasteiger partial charge in [-0.05, 0) is 17.0 Å². The van der Waals surface area contributed by atoms with E-state index in [9.17, 15) is 4.79 Å². The van der Waals surface area contributed by atoms with Crippen LogP contribution in [-0.2, 0) is 11.2 Å². The minimum absolute atomic E-state index is 0.149. The molecule has 6 nitrogen and oxygen atoms in total. The van der Waals surface area contributed by atoms with Gasteiger partial charge in [-0.2, -0.15) is 4.98 Å². The van der Waals surface area contributed by atoms with Crippen molar-refractivity contribution >= 4 is 12.0 Å². The average molecular weight is 445 g/mol. The van der Waals surface area contributed by atoms with Gasteiger partial charge >= 0.3 is 0 Å². The number of benzene rings is 2. The van der Waals surface area contributed by atoms with Gasteiger partial charge in [-0.25, -0.2) is 0 Å². The first-order valence-corrected chi connectivity index (χ1v) is 11.7. The van der Waals surface area contributed by atoms with Gasteiger partial charge in [0.15, 0.2) is 0 Å². The second-order valence-electron chi connectivity index (χ2n) is 8.78. The normalized spacial score (nSPS) is 14.9. The molecule has 4 rings (SSSR count). The van der Waals surface area contributed by atoms with Crippen LogP contribution in [-0.4, -0.2) is 58.6 Å². The lowest BCUT2D eigenvalue weighted by Crippen LogP contribution is -2.48. The number of carbonyl (C=O) groups is 1. The Morgan fingerprint density at radius 1 is 1.03 bits per heavy atom. The van der Waals surface area contributed by atoms with Gasteiger partial charge in [0.25, 0.3) is 0 Å². The number of amides is 1. The summed E-state index contributed by atoms with van der Waals surface area (Å²) in [4.78, 5) is 21.5. The predicted octanol–water partition coefficient (Wildman–Crippen LogP) is 4.65. The molecule has 1 aromatic heterocycles. The second kappa shape index (κ2) is 11.1. The molecule has 1 fully saturated rings. The van der Waals surface area contributed by atoms with Gasteiger partial charge in [0.2, 0.25) is 17.6 Å². The lowest BCUT2D eigenvalue weighted by atomic mass is 10.0. The highest BCUT2D eigenvalue weighted by molar-refractivity contribution is 5.76. The van der Waals surface area contributed by atoms with Gasteiger partial charge in [0, 0.05) is 51.1 Å². The van der Waals surface area contributed by atoms with E-state index in [-0.39, 0.29) is 5.91 Å². The maximum atomic E-state index is 12.7. The third-order valence-corrected chi connectivity index (χ3v) is 6.05. The van der Waals surface area contributed by atoms with Crippen molar-refractivity contribution in [2.75, 3.05) is 32.7 Å². The van der Waals surface area contributed by atoms with Crippen LogP contribution in [0.4, 0.5) is 0 Å². The summed E-state index contributed by atoms with van der Waals surface area (Å²) in [5, 5.41) is 4.09. The zero-order valence-electron chi connectivity index (χ0n) is 19.5. The third-order valence-electron chi connectivity index (χ3n) is 6.05. The fourth-order valence-corrected chi connectivity index (χ4v) is 3.94. The number of aromatic nitrogens is 2. The van der Waals surface area contributed by atoms with Gasteiger partial charge in [0.1, 0.15) is 0 Å². The highest BCUT2D eigenvalue weighted by Gasteiger charge is 2.21. The average Bonchev–Trinajstić information content (AvgIpc) is 3.33. The molecule has 1 aliphatic heterocycles. The number of piperazine rings is 1. The van der Waals surface area contributed by atoms with Crippen molar-refractivity contribution in [1.82, 2.24) is 19.9 Å². The van der Waals surface area contributed by atoms with Crippen LogP contribution in [0.25, 0.3) is 17.5 Å². The summed E-state index contributed by atoms with van der Waals surface area (Å²) in [6.07, 6.45) is 5.20. The Labute approximate surface area is 195 Å². The van der Waals surface area contributed by atoms with Gasteiger partial charge in [-0.1, -0.05) is 85.8 Å². The van der Waals surface area contributed by atoms with Crippen LogP contribution in [0.2, 0.25) is 0 Å². The smallest absolute Gasteiger partial charge is 0.227 e. The summed E-state index contributed by atoms with van der Waals surface area (Å²) < 4.78 is 5.38. The van der Waals surface area contributed by atoms with E-state index >= 15 is 0 Å². The van der Waals surface area contributed by atoms with E-state index in [4.69, 9.17) is 4.52 Å². The van der Waals surface area contributed by atoms with Gasteiger partial charge in [0.05, 0.1) is 0 Å². The summed E-state index contributed by atoms with van der Waals surface area (Å²) >= 11 is 0. The Morgan fingerprint density at radius 3 is 2.45 bits per heavy atom. The van der Waals surface area contributed by atoms with Crippen molar-refractivity contribution in [1.29, 1.82) is 0 Å². The van der Waals surface area contributed by atoms with Gasteiger partial charge < -0.3 is 9.42 Å². The quantitative estimate of drug-likeness (QED) is 0.506. The minimum Gasteiger partial charge on any atom is -0.340 e. The molecule has 3 aromatic rings. The van der Waals surface area contributed by atoms with Crippen molar-refractivity contribution in [2.45, 2.75) is 32.6 Å². The van der Waals surface area contributed by atoms with Crippen LogP contribution in [0.15, 0.2) is 65.2 Å². The van der Waals surface area contributed by atoms with Crippen molar-refractivity contribution in [2.24, 2.45) is 0 Å². The van der Waals surface area contributed by atoms with Crippen LogP contribution in [0.1, 0.15) is 43.2 Å². The molecule has 0 radical (unpaired) electrons. The number of hydrogen-bond acceptors (Lipinski definition) is 5. The van der Waals surface area contributed by atoms with Crippen molar-refractivity contribution in [3.8, 4) is 11.4 Å². The third kappa shape index (κ3) is 6.39. The van der Waals surface area contributed by atoms with Crippen molar-refractivity contribution < 1.29 is 9.32 Å². The first-order valence-electron chi connectivity index (χ1n) is 11.7. The van der Waals surface area contributed by atoms with Crippen LogP contribution >= 0.6 is 0 Å². The second-order valence-corrected chi connectivity index (χ2v) is 8.78. The molecule has 0 spiro atoms. The zero-order valence-corrected chi connectivity index (χ0v) is 19.5. The highest BCUT2D eigenvalue weighted by Crippen LogP contribution is 2.21. The largest absolute Gasteiger partial charge is 0.340 e. The fraction of sp³-hybridized carbons (Fsp3) is 0.370. The number of carbonyl (C=O) groups excluding carboxylic acids is 1. The SMILES string of the molecule is CC(C)c1ccc(-c2noc(CCC(=O)N3CCN(C/C=C/c4ccccc4)CC3)n2)cc1. The number of nitrogens with zero attached hydrogens (tertiary/aromatic N) is 4. The molecule has 2 aromatic carbocycles. The van der Waals surface area contributed by atoms with Crippen LogP contribution in [0, 0.1) is 0 Å². The molecular weight excluding hydrogens is 412 g/mol. The Kier molecular flexibility index (Phi) is 7.68. The van der Waals surface area contributed by atoms with E-state index in [0.717, 1.165) is 38.3 Å². The van der Waals surface area contributed by atoms with E-state index in [1.165, 1.54) is 11.1 Å². The standard InChI is InChI=1S/C27H32N4O2/c1-21(2)23-10-12-24(13-11-23)27-28-25(33-29-27)14-15-26(32)31-19-17-30(18-20-31)16-6-9-22-7-4-3-5-8-22/h3-13,21H,14-20H2,1-2H3/b9-6+. The Hall–Kier alpha value is -3.25. The van der Waals surface area contributed by atoms with Crippen LogP contribution < -0.4 is 0 Å². The molecule has 6 heteroatoms. The molecule has 0 unspecified atom stereocenters. The number of rotatable bonds is 8. The van der Waals surface area contributed by atoms with Crippen molar-refractivity contribution in [3.63, 3.8) is 0 Å². The molecule has 0 aliphatic carbocycles. The number of hydrogen-bond donors (Lipinski definition) is 0. The van der Waals surface area contributed by atoms with Gasteiger partial charge in [-0.15, -0.1) is 0 Å². The van der Waals surface area contributed by atoms with Crippen LogP contribution in [0.3, 0.4) is 0 Å². The van der Waals surface area contributed by atoms with E-state index in [0.29, 0.717) is 30.5 Å². The number of aryl methyl sites for hydroxylation is 1. The van der Waals surface area contributed by atoms with E-state index in [1.807, 2.05) is 35.2 Å². The first kappa shape index (κ1) is 22.9. The lowest BCUT2D eigenvalue weighted by molar-refractivity contribution is -0.132. The summed E-state index contributed by atoms with van der Waals surface area (Å²) in [7, 11) is 0. The Bertz CT molecular complexity index is 1050. The summed E-state index contributed by atoms with van der Waals surface area (Å²) in [6, 6.07) is 18.5. The van der Waals surface area contributed by atoms with Gasteiger partial charge in [-0.3, -0.25) is 9.69 Å². The molecule has 1 saturated heterocycles. The van der Waals surface area contributed by atoms with Crippen LogP contribution in [0.5, 0.6) is 0 Å². The first-order chi connectivity index (χ1) is 16.1. The Morgan fingerprint density at radius 2 is 1.76 bits per heavy atom. The molecular formula is C27H32N4O2. The van der Waals surface area contributed by atoms with E-state index < -0.39 is 0 Å². The molecule has 2 heterocycles. The van der Waals surface area contributed by atoms with Crippen molar-refractivity contribution in [3.05, 3.63) is 77.7 Å². The predicted molar refractivity (Wildman–Crippen MR) is 131 cm³/mol. The molecule has 0 N–H and O–H groups in total.